The van der Waals surface area contributed by atoms with Crippen LogP contribution < -0.4 is 19.5 Å². The van der Waals surface area contributed by atoms with Crippen molar-refractivity contribution in [1.29, 1.82) is 5.26 Å². The standard InChI is InChI=1S/C27H24Cl2N2O4/c1-3-34-26-13-19(6-11-25(26)35-17-20-7-8-22(28)14-24(20)29)12-21(15-30)27(32)31-16-18-4-9-23(33-2)10-5-18/h4-14H,3,16-17H2,1-2H3,(H,31,32)/b21-12-. The number of rotatable bonds is 10. The SMILES string of the molecule is CCOc1cc(/C=C(/C#N)C(=O)NCc2ccc(OC)cc2)ccc1OCc1ccc(Cl)cc1Cl. The molecular formula is C27H24Cl2N2O4. The number of nitriles is 1. The highest BCUT2D eigenvalue weighted by Gasteiger charge is 2.12. The number of ether oxygens (including phenoxy) is 3. The molecule has 0 aliphatic heterocycles. The third-order valence-corrected chi connectivity index (χ3v) is 5.54. The zero-order valence-electron chi connectivity index (χ0n) is 19.3. The fourth-order valence-electron chi connectivity index (χ4n) is 3.13. The molecule has 0 saturated heterocycles. The summed E-state index contributed by atoms with van der Waals surface area (Å²) in [6, 6.07) is 19.7. The number of amides is 1. The summed E-state index contributed by atoms with van der Waals surface area (Å²) in [5.41, 5.74) is 2.27. The fourth-order valence-corrected chi connectivity index (χ4v) is 3.60. The van der Waals surface area contributed by atoms with E-state index in [9.17, 15) is 10.1 Å². The van der Waals surface area contributed by atoms with Crippen LogP contribution >= 0.6 is 23.2 Å². The van der Waals surface area contributed by atoms with Crippen molar-refractivity contribution in [2.45, 2.75) is 20.1 Å². The molecule has 0 fully saturated rings. The van der Waals surface area contributed by atoms with Gasteiger partial charge in [0.25, 0.3) is 5.91 Å². The largest absolute Gasteiger partial charge is 0.497 e. The van der Waals surface area contributed by atoms with E-state index in [4.69, 9.17) is 37.4 Å². The summed E-state index contributed by atoms with van der Waals surface area (Å²) in [5, 5.41) is 13.3. The number of nitrogens with one attached hydrogen (secondary N) is 1. The van der Waals surface area contributed by atoms with Gasteiger partial charge in [0.05, 0.1) is 13.7 Å². The van der Waals surface area contributed by atoms with Crippen LogP contribution in [0.3, 0.4) is 0 Å². The maximum absolute atomic E-state index is 12.6. The quantitative estimate of drug-likeness (QED) is 0.259. The summed E-state index contributed by atoms with van der Waals surface area (Å²) >= 11 is 12.2. The van der Waals surface area contributed by atoms with Gasteiger partial charge >= 0.3 is 0 Å². The van der Waals surface area contributed by atoms with Crippen molar-refractivity contribution in [1.82, 2.24) is 5.32 Å². The Balaban J connectivity index is 1.71. The molecule has 0 atom stereocenters. The lowest BCUT2D eigenvalue weighted by Crippen LogP contribution is -2.23. The second-order valence-corrected chi connectivity index (χ2v) is 8.21. The zero-order valence-corrected chi connectivity index (χ0v) is 20.8. The van der Waals surface area contributed by atoms with Crippen LogP contribution in [0.1, 0.15) is 23.6 Å². The molecular weight excluding hydrogens is 487 g/mol. The average Bonchev–Trinajstić information content (AvgIpc) is 2.86. The third kappa shape index (κ3) is 7.41. The summed E-state index contributed by atoms with van der Waals surface area (Å²) in [5.74, 6) is 1.25. The normalized spacial score (nSPS) is 10.9. The molecule has 0 saturated carbocycles. The molecule has 0 spiro atoms. The van der Waals surface area contributed by atoms with E-state index in [1.807, 2.05) is 37.3 Å². The molecule has 180 valence electrons. The molecule has 0 aromatic heterocycles. The van der Waals surface area contributed by atoms with Gasteiger partial charge in [0.2, 0.25) is 0 Å². The van der Waals surface area contributed by atoms with Crippen LogP contribution in [0.4, 0.5) is 0 Å². The molecule has 3 aromatic rings. The lowest BCUT2D eigenvalue weighted by molar-refractivity contribution is -0.117. The highest BCUT2D eigenvalue weighted by Crippen LogP contribution is 2.31. The van der Waals surface area contributed by atoms with E-state index in [0.29, 0.717) is 33.7 Å². The first-order valence-corrected chi connectivity index (χ1v) is 11.6. The minimum Gasteiger partial charge on any atom is -0.497 e. The van der Waals surface area contributed by atoms with Crippen molar-refractivity contribution in [2.24, 2.45) is 0 Å². The molecule has 0 unspecified atom stereocenters. The summed E-state index contributed by atoms with van der Waals surface area (Å²) in [4.78, 5) is 12.6. The second kappa shape index (κ2) is 12.7. The molecule has 0 radical (unpaired) electrons. The number of hydrogen-bond donors (Lipinski definition) is 1. The van der Waals surface area contributed by atoms with Gasteiger partial charge in [-0.3, -0.25) is 4.79 Å². The fraction of sp³-hybridized carbons (Fsp3) is 0.185. The van der Waals surface area contributed by atoms with Crippen LogP contribution in [0.25, 0.3) is 6.08 Å². The first-order chi connectivity index (χ1) is 16.9. The number of benzene rings is 3. The van der Waals surface area contributed by atoms with Gasteiger partial charge in [0, 0.05) is 22.2 Å². The number of carbonyl (C=O) groups excluding carboxylic acids is 1. The molecule has 0 heterocycles. The molecule has 3 rings (SSSR count). The van der Waals surface area contributed by atoms with Crippen molar-refractivity contribution in [2.75, 3.05) is 13.7 Å². The maximum atomic E-state index is 12.6. The lowest BCUT2D eigenvalue weighted by atomic mass is 10.1. The van der Waals surface area contributed by atoms with Gasteiger partial charge in [-0.2, -0.15) is 5.26 Å². The maximum Gasteiger partial charge on any atom is 0.262 e. The first kappa shape index (κ1) is 26.0. The molecule has 0 aliphatic carbocycles. The summed E-state index contributed by atoms with van der Waals surface area (Å²) in [6.45, 7) is 2.78. The van der Waals surface area contributed by atoms with Crippen molar-refractivity contribution in [3.63, 3.8) is 0 Å². The first-order valence-electron chi connectivity index (χ1n) is 10.8. The number of carbonyl (C=O) groups is 1. The number of halogens is 2. The van der Waals surface area contributed by atoms with Crippen LogP contribution in [0.2, 0.25) is 10.0 Å². The van der Waals surface area contributed by atoms with E-state index in [-0.39, 0.29) is 18.7 Å². The molecule has 6 nitrogen and oxygen atoms in total. The Morgan fingerprint density at radius 2 is 1.80 bits per heavy atom. The van der Waals surface area contributed by atoms with Crippen molar-refractivity contribution >= 4 is 35.2 Å². The third-order valence-electron chi connectivity index (χ3n) is 4.95. The number of methoxy groups -OCH3 is 1. The Morgan fingerprint density at radius 1 is 1.03 bits per heavy atom. The van der Waals surface area contributed by atoms with Crippen LogP contribution in [0.5, 0.6) is 17.2 Å². The molecule has 0 bridgehead atoms. The van der Waals surface area contributed by atoms with Gasteiger partial charge < -0.3 is 19.5 Å². The van der Waals surface area contributed by atoms with E-state index in [1.54, 1.807) is 43.5 Å². The average molecular weight is 511 g/mol. The monoisotopic (exact) mass is 510 g/mol. The van der Waals surface area contributed by atoms with Crippen molar-refractivity contribution in [3.05, 3.63) is 93.0 Å². The minimum atomic E-state index is -0.473. The van der Waals surface area contributed by atoms with Crippen LogP contribution in [-0.2, 0) is 17.9 Å². The van der Waals surface area contributed by atoms with Gasteiger partial charge in [-0.05, 0) is 60.5 Å². The van der Waals surface area contributed by atoms with Gasteiger partial charge in [-0.25, -0.2) is 0 Å². The minimum absolute atomic E-state index is 0.0254. The predicted octanol–water partition coefficient (Wildman–Crippen LogP) is 6.20. The van der Waals surface area contributed by atoms with Gasteiger partial charge in [0.1, 0.15) is 24.0 Å². The second-order valence-electron chi connectivity index (χ2n) is 7.36. The van der Waals surface area contributed by atoms with E-state index in [1.165, 1.54) is 6.08 Å². The highest BCUT2D eigenvalue weighted by molar-refractivity contribution is 6.35. The number of hydrogen-bond acceptors (Lipinski definition) is 5. The zero-order chi connectivity index (χ0) is 25.2. The molecule has 8 heteroatoms. The van der Waals surface area contributed by atoms with Crippen molar-refractivity contribution < 1.29 is 19.0 Å². The summed E-state index contributed by atoms with van der Waals surface area (Å²) < 4.78 is 16.8. The van der Waals surface area contributed by atoms with Crippen LogP contribution in [0.15, 0.2) is 66.2 Å². The Kier molecular flexibility index (Phi) is 9.42. The van der Waals surface area contributed by atoms with Crippen molar-refractivity contribution in [3.8, 4) is 23.3 Å². The Bertz CT molecular complexity index is 1250. The Morgan fingerprint density at radius 3 is 2.46 bits per heavy atom. The Hall–Kier alpha value is -3.66. The summed E-state index contributed by atoms with van der Waals surface area (Å²) in [6.07, 6.45) is 1.51. The molecule has 1 N–H and O–H groups in total. The molecule has 0 aliphatic rings. The van der Waals surface area contributed by atoms with E-state index in [0.717, 1.165) is 16.9 Å². The summed E-state index contributed by atoms with van der Waals surface area (Å²) in [7, 11) is 1.59. The van der Waals surface area contributed by atoms with Crippen LogP contribution in [-0.4, -0.2) is 19.6 Å². The van der Waals surface area contributed by atoms with E-state index >= 15 is 0 Å². The van der Waals surface area contributed by atoms with E-state index in [2.05, 4.69) is 5.32 Å². The highest BCUT2D eigenvalue weighted by atomic mass is 35.5. The number of nitrogens with zero attached hydrogens (tertiary/aromatic N) is 1. The van der Waals surface area contributed by atoms with Gasteiger partial charge in [-0.1, -0.05) is 47.5 Å². The predicted molar refractivity (Wildman–Crippen MR) is 137 cm³/mol. The topological polar surface area (TPSA) is 80.6 Å². The van der Waals surface area contributed by atoms with Gasteiger partial charge in [-0.15, -0.1) is 0 Å². The lowest BCUT2D eigenvalue weighted by Gasteiger charge is -2.13. The molecule has 3 aromatic carbocycles. The van der Waals surface area contributed by atoms with Crippen LogP contribution in [0, 0.1) is 11.3 Å². The molecule has 1 amide bonds. The van der Waals surface area contributed by atoms with E-state index < -0.39 is 5.91 Å². The Labute approximate surface area is 214 Å². The molecule has 35 heavy (non-hydrogen) atoms. The smallest absolute Gasteiger partial charge is 0.262 e. The van der Waals surface area contributed by atoms with Gasteiger partial charge in [0.15, 0.2) is 11.5 Å².